The third kappa shape index (κ3) is 5.70. The minimum absolute atomic E-state index is 0.0749. The first-order valence-electron chi connectivity index (χ1n) is 8.98. The van der Waals surface area contributed by atoms with Gasteiger partial charge in [-0.1, -0.05) is 17.4 Å². The molecule has 4 rings (SSSR count). The predicted octanol–water partition coefficient (Wildman–Crippen LogP) is 5.88. The SMILES string of the molecule is Cc1ccc2nc(NC(=O)Cc3csc(Nc4ccc(OC(F)(F)F)cc4)n3)sc2c1. The third-order valence-electron chi connectivity index (χ3n) is 4.02. The van der Waals surface area contributed by atoms with E-state index >= 15 is 0 Å². The molecule has 2 aromatic carbocycles. The molecule has 0 unspecified atom stereocenters. The maximum Gasteiger partial charge on any atom is 0.573 e. The van der Waals surface area contributed by atoms with Gasteiger partial charge in [-0.25, -0.2) is 9.97 Å². The molecule has 11 heteroatoms. The summed E-state index contributed by atoms with van der Waals surface area (Å²) in [4.78, 5) is 21.1. The van der Waals surface area contributed by atoms with Gasteiger partial charge in [0, 0.05) is 11.1 Å². The Morgan fingerprint density at radius 1 is 1.10 bits per heavy atom. The molecular formula is C20H15F3N4O2S2. The van der Waals surface area contributed by atoms with E-state index in [1.165, 1.54) is 46.9 Å². The van der Waals surface area contributed by atoms with E-state index < -0.39 is 6.36 Å². The third-order valence-corrected chi connectivity index (χ3v) is 5.76. The lowest BCUT2D eigenvalue weighted by Gasteiger charge is -2.09. The van der Waals surface area contributed by atoms with Crippen LogP contribution in [-0.2, 0) is 11.2 Å². The van der Waals surface area contributed by atoms with E-state index in [2.05, 4.69) is 25.3 Å². The number of carbonyl (C=O) groups is 1. The Labute approximate surface area is 182 Å². The van der Waals surface area contributed by atoms with Gasteiger partial charge < -0.3 is 15.4 Å². The fourth-order valence-corrected chi connectivity index (χ4v) is 4.43. The highest BCUT2D eigenvalue weighted by atomic mass is 32.1. The maximum absolute atomic E-state index is 12.3. The van der Waals surface area contributed by atoms with E-state index in [-0.39, 0.29) is 18.1 Å². The number of nitrogens with one attached hydrogen (secondary N) is 2. The van der Waals surface area contributed by atoms with Gasteiger partial charge in [0.1, 0.15) is 5.75 Å². The molecule has 4 aromatic rings. The van der Waals surface area contributed by atoms with Gasteiger partial charge >= 0.3 is 6.36 Å². The Kier molecular flexibility index (Phi) is 5.79. The molecule has 0 spiro atoms. The number of hydrogen-bond acceptors (Lipinski definition) is 7. The quantitative estimate of drug-likeness (QED) is 0.372. The molecule has 6 nitrogen and oxygen atoms in total. The second kappa shape index (κ2) is 8.52. The normalized spacial score (nSPS) is 11.5. The van der Waals surface area contributed by atoms with Crippen LogP contribution in [0.5, 0.6) is 5.75 Å². The van der Waals surface area contributed by atoms with Crippen LogP contribution < -0.4 is 15.4 Å². The first-order chi connectivity index (χ1) is 14.7. The summed E-state index contributed by atoms with van der Waals surface area (Å²) in [6.07, 6.45) is -4.66. The lowest BCUT2D eigenvalue weighted by atomic mass is 10.2. The second-order valence-corrected chi connectivity index (χ2v) is 8.45. The van der Waals surface area contributed by atoms with Crippen molar-refractivity contribution in [3.8, 4) is 5.75 Å². The summed E-state index contributed by atoms with van der Waals surface area (Å²) < 4.78 is 41.5. The van der Waals surface area contributed by atoms with Crippen LogP contribution in [-0.4, -0.2) is 22.2 Å². The van der Waals surface area contributed by atoms with Crippen molar-refractivity contribution in [1.29, 1.82) is 0 Å². The first-order valence-corrected chi connectivity index (χ1v) is 10.7. The molecule has 0 radical (unpaired) electrons. The fraction of sp³-hybridized carbons (Fsp3) is 0.150. The molecule has 0 aliphatic heterocycles. The van der Waals surface area contributed by atoms with Gasteiger partial charge in [0.15, 0.2) is 10.3 Å². The average molecular weight is 464 g/mol. The predicted molar refractivity (Wildman–Crippen MR) is 115 cm³/mol. The van der Waals surface area contributed by atoms with Crippen LogP contribution in [0.4, 0.5) is 29.1 Å². The Bertz CT molecular complexity index is 1220. The lowest BCUT2D eigenvalue weighted by Crippen LogP contribution is -2.16. The standard InChI is InChI=1S/C20H15F3N4O2S2/c1-11-2-7-15-16(8-11)31-19(26-15)27-17(28)9-13-10-30-18(25-13)24-12-3-5-14(6-4-12)29-20(21,22)23/h2-8,10H,9H2,1H3,(H,24,25)(H,26,27,28). The van der Waals surface area contributed by atoms with Crippen LogP contribution in [0, 0.1) is 6.92 Å². The highest BCUT2D eigenvalue weighted by molar-refractivity contribution is 7.22. The van der Waals surface area contributed by atoms with Gasteiger partial charge in [0.2, 0.25) is 5.91 Å². The summed E-state index contributed by atoms with van der Waals surface area (Å²) in [7, 11) is 0. The monoisotopic (exact) mass is 464 g/mol. The summed E-state index contributed by atoms with van der Waals surface area (Å²) in [6, 6.07) is 11.2. The number of alkyl halides is 3. The molecule has 2 heterocycles. The summed E-state index contributed by atoms with van der Waals surface area (Å²) in [5.74, 6) is -0.541. The molecule has 0 bridgehead atoms. The maximum atomic E-state index is 12.3. The van der Waals surface area contributed by atoms with Crippen molar-refractivity contribution in [2.75, 3.05) is 10.6 Å². The number of carbonyl (C=O) groups excluding carboxylic acids is 1. The van der Waals surface area contributed by atoms with Crippen LogP contribution in [0.15, 0.2) is 47.8 Å². The van der Waals surface area contributed by atoms with Crippen LogP contribution in [0.25, 0.3) is 10.2 Å². The van der Waals surface area contributed by atoms with Crippen molar-refractivity contribution in [2.45, 2.75) is 19.7 Å². The van der Waals surface area contributed by atoms with Crippen molar-refractivity contribution < 1.29 is 22.7 Å². The number of thiazole rings is 2. The highest BCUT2D eigenvalue weighted by Crippen LogP contribution is 2.28. The van der Waals surface area contributed by atoms with Gasteiger partial charge in [0.25, 0.3) is 0 Å². The number of benzene rings is 2. The number of ether oxygens (including phenoxy) is 1. The molecule has 2 aromatic heterocycles. The number of nitrogens with zero attached hydrogens (tertiary/aromatic N) is 2. The zero-order chi connectivity index (χ0) is 22.0. The van der Waals surface area contributed by atoms with Crippen molar-refractivity contribution in [2.24, 2.45) is 0 Å². The minimum atomic E-state index is -4.73. The minimum Gasteiger partial charge on any atom is -0.406 e. The molecule has 0 saturated heterocycles. The van der Waals surface area contributed by atoms with Gasteiger partial charge in [-0.05, 0) is 48.9 Å². The van der Waals surface area contributed by atoms with Crippen LogP contribution >= 0.6 is 22.7 Å². The van der Waals surface area contributed by atoms with Crippen molar-refractivity contribution >= 4 is 54.7 Å². The van der Waals surface area contributed by atoms with Crippen molar-refractivity contribution in [3.63, 3.8) is 0 Å². The molecule has 31 heavy (non-hydrogen) atoms. The van der Waals surface area contributed by atoms with Crippen molar-refractivity contribution in [1.82, 2.24) is 9.97 Å². The molecular weight excluding hydrogens is 449 g/mol. The van der Waals surface area contributed by atoms with Crippen LogP contribution in [0.3, 0.4) is 0 Å². The molecule has 0 atom stereocenters. The number of halogens is 3. The van der Waals surface area contributed by atoms with E-state index in [0.29, 0.717) is 21.6 Å². The van der Waals surface area contributed by atoms with E-state index in [1.54, 1.807) is 5.38 Å². The number of aryl methyl sites for hydroxylation is 1. The topological polar surface area (TPSA) is 76.1 Å². The van der Waals surface area contributed by atoms with Gasteiger partial charge in [0.05, 0.1) is 22.3 Å². The summed E-state index contributed by atoms with van der Waals surface area (Å²) in [5, 5.41) is 8.56. The highest BCUT2D eigenvalue weighted by Gasteiger charge is 2.30. The average Bonchev–Trinajstić information content (AvgIpc) is 3.27. The van der Waals surface area contributed by atoms with E-state index in [4.69, 9.17) is 0 Å². The molecule has 1 amide bonds. The number of anilines is 3. The van der Waals surface area contributed by atoms with E-state index in [1.807, 2.05) is 25.1 Å². The second-order valence-electron chi connectivity index (χ2n) is 6.56. The van der Waals surface area contributed by atoms with Gasteiger partial charge in [-0.3, -0.25) is 4.79 Å². The van der Waals surface area contributed by atoms with Gasteiger partial charge in [-0.2, -0.15) is 0 Å². The molecule has 2 N–H and O–H groups in total. The summed E-state index contributed by atoms with van der Waals surface area (Å²) in [6.45, 7) is 2.00. The van der Waals surface area contributed by atoms with Crippen LogP contribution in [0.2, 0.25) is 0 Å². The number of rotatable bonds is 6. The number of amides is 1. The molecule has 0 aliphatic rings. The Balaban J connectivity index is 1.34. The zero-order valence-corrected chi connectivity index (χ0v) is 17.6. The number of fused-ring (bicyclic) bond motifs is 1. The Hall–Kier alpha value is -3.18. The van der Waals surface area contributed by atoms with Crippen molar-refractivity contribution in [3.05, 3.63) is 59.1 Å². The smallest absolute Gasteiger partial charge is 0.406 e. The summed E-state index contributed by atoms with van der Waals surface area (Å²) in [5.41, 5.74) is 3.07. The molecule has 0 fully saturated rings. The Morgan fingerprint density at radius 3 is 2.61 bits per heavy atom. The van der Waals surface area contributed by atoms with Crippen LogP contribution in [0.1, 0.15) is 11.3 Å². The number of aromatic nitrogens is 2. The molecule has 0 aliphatic carbocycles. The van der Waals surface area contributed by atoms with Gasteiger partial charge in [-0.15, -0.1) is 24.5 Å². The number of hydrogen-bond donors (Lipinski definition) is 2. The fourth-order valence-electron chi connectivity index (χ4n) is 2.72. The lowest BCUT2D eigenvalue weighted by molar-refractivity contribution is -0.274. The van der Waals surface area contributed by atoms with E-state index in [0.717, 1.165) is 15.8 Å². The van der Waals surface area contributed by atoms with E-state index in [9.17, 15) is 18.0 Å². The first kappa shape index (κ1) is 21.1. The largest absolute Gasteiger partial charge is 0.573 e. The summed E-state index contributed by atoms with van der Waals surface area (Å²) >= 11 is 2.69. The Morgan fingerprint density at radius 2 is 1.87 bits per heavy atom. The molecule has 0 saturated carbocycles. The zero-order valence-electron chi connectivity index (χ0n) is 16.0. The molecule has 160 valence electrons.